The minimum absolute atomic E-state index is 0.0112. The van der Waals surface area contributed by atoms with E-state index in [-0.39, 0.29) is 70.7 Å². The Kier molecular flexibility index (Phi) is 55.5. The van der Waals surface area contributed by atoms with Crippen molar-refractivity contribution in [3.63, 3.8) is 0 Å². The number of esters is 4. The van der Waals surface area contributed by atoms with Gasteiger partial charge in [-0.1, -0.05) is 245 Å². The molecule has 16 nitrogen and oxygen atoms in total. The lowest BCUT2D eigenvalue weighted by Crippen LogP contribution is -2.48. The number of nitrogens with zero attached hydrogens (tertiary/aromatic N) is 4. The molecule has 0 aromatic heterocycles. The molecule has 0 saturated heterocycles. The molecular formula is C78H152N6O10. The van der Waals surface area contributed by atoms with Crippen LogP contribution in [0.3, 0.4) is 0 Å². The van der Waals surface area contributed by atoms with Crippen LogP contribution in [0.15, 0.2) is 0 Å². The van der Waals surface area contributed by atoms with Crippen LogP contribution in [-0.2, 0) is 47.7 Å². The van der Waals surface area contributed by atoms with E-state index < -0.39 is 46.3 Å². The molecule has 0 unspecified atom stereocenters. The lowest BCUT2D eigenvalue weighted by molar-refractivity contribution is -0.162. The fraction of sp³-hybridized carbons (Fsp3) is 0.923. The molecule has 0 spiro atoms. The van der Waals surface area contributed by atoms with Crippen LogP contribution < -0.4 is 10.6 Å². The van der Waals surface area contributed by atoms with E-state index in [2.05, 4.69) is 29.4 Å². The summed E-state index contributed by atoms with van der Waals surface area (Å²) in [6, 6.07) is 0. The molecule has 0 atom stereocenters. The van der Waals surface area contributed by atoms with Gasteiger partial charge in [-0.2, -0.15) is 0 Å². The highest BCUT2D eigenvalue weighted by molar-refractivity contribution is 5.79. The van der Waals surface area contributed by atoms with Crippen LogP contribution in [0.5, 0.6) is 0 Å². The number of nitrogens with one attached hydrogen (secondary N) is 2. The van der Waals surface area contributed by atoms with Crippen molar-refractivity contribution in [2.75, 3.05) is 91.6 Å². The summed E-state index contributed by atoms with van der Waals surface area (Å²) in [6.07, 6.45) is 52.1. The van der Waals surface area contributed by atoms with Crippen molar-refractivity contribution in [1.82, 2.24) is 30.2 Å². The van der Waals surface area contributed by atoms with Gasteiger partial charge in [-0.15, -0.1) is 0 Å². The molecule has 0 aliphatic carbocycles. The van der Waals surface area contributed by atoms with Crippen molar-refractivity contribution in [1.29, 1.82) is 0 Å². The van der Waals surface area contributed by atoms with Crippen LogP contribution in [0, 0.1) is 0 Å². The van der Waals surface area contributed by atoms with E-state index in [1.807, 2.05) is 4.90 Å². The van der Waals surface area contributed by atoms with Crippen LogP contribution in [0.4, 0.5) is 0 Å². The topological polar surface area (TPSA) is 176 Å². The normalized spacial score (nSPS) is 12.3. The molecule has 554 valence electrons. The van der Waals surface area contributed by atoms with Crippen molar-refractivity contribution in [2.24, 2.45) is 0 Å². The summed E-state index contributed by atoms with van der Waals surface area (Å²) in [6.45, 7) is 30.1. The predicted molar refractivity (Wildman–Crippen MR) is 391 cm³/mol. The molecule has 2 amide bonds. The van der Waals surface area contributed by atoms with Gasteiger partial charge >= 0.3 is 23.9 Å². The Morgan fingerprint density at radius 2 is 0.415 bits per heavy atom. The zero-order chi connectivity index (χ0) is 70.2. The second kappa shape index (κ2) is 57.6. The van der Waals surface area contributed by atoms with Gasteiger partial charge in [0.2, 0.25) is 11.8 Å². The SMILES string of the molecule is CCCCCCCCCCCCCCCCCCN(CCCCCCCCCCCCCCCCCC)CC(=O)NCCCCCCCCCCNC(=O)CN(CCN(CC(=O)OC(C)(C)C)CC(=O)OC(C)(C)C)CCN(CC(=O)OC(C)(C)C)CC(=O)OC(C)(C)C. The number of amides is 2. The van der Waals surface area contributed by atoms with E-state index in [0.717, 1.165) is 71.0 Å². The highest BCUT2D eigenvalue weighted by Crippen LogP contribution is 2.18. The van der Waals surface area contributed by atoms with E-state index >= 15 is 0 Å². The molecule has 0 aromatic rings. The highest BCUT2D eigenvalue weighted by Gasteiger charge is 2.27. The van der Waals surface area contributed by atoms with Crippen molar-refractivity contribution in [2.45, 2.75) is 376 Å². The van der Waals surface area contributed by atoms with Crippen molar-refractivity contribution in [3.8, 4) is 0 Å². The zero-order valence-electron chi connectivity index (χ0n) is 64.1. The van der Waals surface area contributed by atoms with Gasteiger partial charge < -0.3 is 29.6 Å². The molecule has 0 aliphatic heterocycles. The van der Waals surface area contributed by atoms with Crippen LogP contribution in [-0.4, -0.2) is 169 Å². The number of hydrogen-bond donors (Lipinski definition) is 2. The van der Waals surface area contributed by atoms with Gasteiger partial charge in [0.1, 0.15) is 22.4 Å². The van der Waals surface area contributed by atoms with E-state index in [1.165, 1.54) is 205 Å². The quantitative estimate of drug-likeness (QED) is 0.0334. The fourth-order valence-corrected chi connectivity index (χ4v) is 11.8. The number of carbonyl (C=O) groups excluding carboxylic acids is 6. The van der Waals surface area contributed by atoms with Gasteiger partial charge in [0.15, 0.2) is 0 Å². The largest absolute Gasteiger partial charge is 0.459 e. The Balaban J connectivity index is 5.18. The summed E-state index contributed by atoms with van der Waals surface area (Å²) < 4.78 is 22.4. The second-order valence-electron chi connectivity index (χ2n) is 31.5. The van der Waals surface area contributed by atoms with E-state index in [1.54, 1.807) is 92.9 Å². The number of hydrogen-bond acceptors (Lipinski definition) is 14. The number of ether oxygens (including phenoxy) is 4. The summed E-state index contributed by atoms with van der Waals surface area (Å²) >= 11 is 0. The highest BCUT2D eigenvalue weighted by atomic mass is 16.6. The molecule has 0 aliphatic rings. The lowest BCUT2D eigenvalue weighted by Gasteiger charge is -2.30. The minimum atomic E-state index is -0.731. The maximum absolute atomic E-state index is 13.6. The predicted octanol–water partition coefficient (Wildman–Crippen LogP) is 17.4. The monoisotopic (exact) mass is 1330 g/mol. The summed E-state index contributed by atoms with van der Waals surface area (Å²) in [5.41, 5.74) is -2.93. The third kappa shape index (κ3) is 65.9. The van der Waals surface area contributed by atoms with Gasteiger partial charge in [0.25, 0.3) is 0 Å². The first-order valence-corrected chi connectivity index (χ1v) is 38.9. The van der Waals surface area contributed by atoms with Crippen LogP contribution in [0.2, 0.25) is 0 Å². The molecule has 0 aromatic carbocycles. The first kappa shape index (κ1) is 90.7. The maximum Gasteiger partial charge on any atom is 0.320 e. The Hall–Kier alpha value is -3.34. The average molecular weight is 1330 g/mol. The molecule has 0 radical (unpaired) electrons. The summed E-state index contributed by atoms with van der Waals surface area (Å²) in [5, 5.41) is 6.35. The molecule has 0 saturated carbocycles. The Morgan fingerprint density at radius 3 is 0.628 bits per heavy atom. The fourth-order valence-electron chi connectivity index (χ4n) is 11.8. The van der Waals surface area contributed by atoms with Crippen LogP contribution in [0.25, 0.3) is 0 Å². The molecule has 94 heavy (non-hydrogen) atoms. The first-order valence-electron chi connectivity index (χ1n) is 38.9. The summed E-state index contributed by atoms with van der Waals surface area (Å²) in [5.74, 6) is -1.99. The van der Waals surface area contributed by atoms with Crippen molar-refractivity contribution >= 4 is 35.7 Å². The lowest BCUT2D eigenvalue weighted by atomic mass is 10.0. The Morgan fingerprint density at radius 1 is 0.234 bits per heavy atom. The van der Waals surface area contributed by atoms with Crippen LogP contribution in [0.1, 0.15) is 354 Å². The molecular weight excluding hydrogens is 1180 g/mol. The van der Waals surface area contributed by atoms with Gasteiger partial charge in [-0.25, -0.2) is 0 Å². The molecule has 0 bridgehead atoms. The number of carbonyl (C=O) groups is 6. The third-order valence-corrected chi connectivity index (χ3v) is 16.7. The van der Waals surface area contributed by atoms with Gasteiger partial charge in [-0.05, 0) is 122 Å². The zero-order valence-corrected chi connectivity index (χ0v) is 64.1. The first-order chi connectivity index (χ1) is 44.6. The Labute approximate surface area is 578 Å². The number of unbranched alkanes of at least 4 members (excludes halogenated alkanes) is 37. The second-order valence-corrected chi connectivity index (χ2v) is 31.5. The number of rotatable bonds is 63. The molecule has 2 N–H and O–H groups in total. The summed E-state index contributed by atoms with van der Waals surface area (Å²) in [4.78, 5) is 86.9. The molecule has 0 rings (SSSR count). The average Bonchev–Trinajstić information content (AvgIpc) is 2.01. The van der Waals surface area contributed by atoms with Crippen molar-refractivity contribution in [3.05, 3.63) is 0 Å². The van der Waals surface area contributed by atoms with Crippen molar-refractivity contribution < 1.29 is 47.7 Å². The smallest absolute Gasteiger partial charge is 0.320 e. The maximum atomic E-state index is 13.6. The minimum Gasteiger partial charge on any atom is -0.459 e. The van der Waals surface area contributed by atoms with Crippen LogP contribution >= 0.6 is 0 Å². The molecule has 16 heteroatoms. The Bertz CT molecular complexity index is 1710. The molecule has 0 fully saturated rings. The van der Waals surface area contributed by atoms with E-state index in [0.29, 0.717) is 13.1 Å². The van der Waals surface area contributed by atoms with Gasteiger partial charge in [-0.3, -0.25) is 48.4 Å². The standard InChI is InChI=1S/C78H152N6O10/c1-15-17-19-21-23-25-27-29-31-33-35-37-41-45-49-53-57-81(58-54-50-46-42-38-36-34-32-30-28-26-24-22-20-18-16-2)63-69(85)79-55-51-47-43-39-40-44-48-52-56-80-70(86)64-82(59-61-83(65-71(87)91-75(3,4)5)66-72(88)92-76(6,7)8)60-62-84(67-73(89)93-77(9,10)11)68-74(90)94-78(12,13)14/h15-68H2,1-14H3,(H,79,85)(H,80,86). The van der Waals surface area contributed by atoms with E-state index in [9.17, 15) is 28.8 Å². The third-order valence-electron chi connectivity index (χ3n) is 16.7. The van der Waals surface area contributed by atoms with Gasteiger partial charge in [0.05, 0.1) is 39.3 Å². The summed E-state index contributed by atoms with van der Waals surface area (Å²) in [7, 11) is 0. The van der Waals surface area contributed by atoms with Gasteiger partial charge in [0, 0.05) is 39.3 Å². The van der Waals surface area contributed by atoms with E-state index in [4.69, 9.17) is 18.9 Å². The molecule has 0 heterocycles.